The molecule has 132 valence electrons. The van der Waals surface area contributed by atoms with E-state index in [0.29, 0.717) is 18.7 Å². The van der Waals surface area contributed by atoms with Gasteiger partial charge in [0.2, 0.25) is 5.91 Å². The molecule has 2 N–H and O–H groups in total. The number of benzene rings is 1. The minimum absolute atomic E-state index is 0.00364. The van der Waals surface area contributed by atoms with E-state index in [1.807, 2.05) is 39.0 Å². The van der Waals surface area contributed by atoms with E-state index in [9.17, 15) is 14.7 Å². The standard InChI is InChI=1S/C19H28N2O3/c1-12(2)17(19(24)21-10-9-15(11-21)14(4)22)20-18(23)16-8-6-5-7-13(16)3/h5-8,12,14-15,17,22H,9-11H2,1-4H3,(H,20,23). The molecular weight excluding hydrogens is 304 g/mol. The SMILES string of the molecule is Cc1ccccc1C(=O)NC(C(=O)N1CCC(C(C)O)C1)C(C)C. The van der Waals surface area contributed by atoms with Crippen molar-refractivity contribution in [2.45, 2.75) is 46.3 Å². The van der Waals surface area contributed by atoms with Gasteiger partial charge in [0.05, 0.1) is 6.10 Å². The Morgan fingerprint density at radius 2 is 1.92 bits per heavy atom. The minimum Gasteiger partial charge on any atom is -0.393 e. The number of hydrogen-bond acceptors (Lipinski definition) is 3. The highest BCUT2D eigenvalue weighted by Gasteiger charge is 2.34. The van der Waals surface area contributed by atoms with Crippen LogP contribution >= 0.6 is 0 Å². The Balaban J connectivity index is 2.08. The Kier molecular flexibility index (Phi) is 5.99. The highest BCUT2D eigenvalue weighted by Crippen LogP contribution is 2.21. The van der Waals surface area contributed by atoms with Crippen molar-refractivity contribution >= 4 is 11.8 Å². The van der Waals surface area contributed by atoms with Crippen LogP contribution in [0.5, 0.6) is 0 Å². The molecule has 0 bridgehead atoms. The van der Waals surface area contributed by atoms with E-state index in [0.717, 1.165) is 12.0 Å². The van der Waals surface area contributed by atoms with Crippen LogP contribution in [0.3, 0.4) is 0 Å². The third kappa shape index (κ3) is 4.15. The molecule has 1 aromatic rings. The van der Waals surface area contributed by atoms with Gasteiger partial charge >= 0.3 is 0 Å². The Morgan fingerprint density at radius 3 is 2.46 bits per heavy atom. The Morgan fingerprint density at radius 1 is 1.25 bits per heavy atom. The van der Waals surface area contributed by atoms with Crippen LogP contribution < -0.4 is 5.32 Å². The van der Waals surface area contributed by atoms with Crippen molar-refractivity contribution in [2.24, 2.45) is 11.8 Å². The maximum absolute atomic E-state index is 12.8. The van der Waals surface area contributed by atoms with Gasteiger partial charge in [-0.2, -0.15) is 0 Å². The van der Waals surface area contributed by atoms with Crippen molar-refractivity contribution in [3.63, 3.8) is 0 Å². The highest BCUT2D eigenvalue weighted by atomic mass is 16.3. The molecule has 0 spiro atoms. The number of nitrogens with zero attached hydrogens (tertiary/aromatic N) is 1. The molecule has 5 nitrogen and oxygen atoms in total. The van der Waals surface area contributed by atoms with Gasteiger partial charge in [-0.25, -0.2) is 0 Å². The molecule has 5 heteroatoms. The third-order valence-electron chi connectivity index (χ3n) is 4.83. The Hall–Kier alpha value is -1.88. The van der Waals surface area contributed by atoms with E-state index >= 15 is 0 Å². The first kappa shape index (κ1) is 18.5. The lowest BCUT2D eigenvalue weighted by molar-refractivity contribution is -0.133. The number of hydrogen-bond donors (Lipinski definition) is 2. The number of aliphatic hydroxyl groups is 1. The van der Waals surface area contributed by atoms with Gasteiger partial charge in [0.15, 0.2) is 0 Å². The molecule has 1 aromatic carbocycles. The fraction of sp³-hybridized carbons (Fsp3) is 0.579. The zero-order valence-corrected chi connectivity index (χ0v) is 15.0. The molecule has 1 aliphatic heterocycles. The lowest BCUT2D eigenvalue weighted by Gasteiger charge is -2.27. The summed E-state index contributed by atoms with van der Waals surface area (Å²) in [5.74, 6) is -0.161. The van der Waals surface area contributed by atoms with Crippen molar-refractivity contribution in [3.8, 4) is 0 Å². The number of aliphatic hydroxyl groups excluding tert-OH is 1. The molecule has 3 unspecified atom stereocenters. The monoisotopic (exact) mass is 332 g/mol. The van der Waals surface area contributed by atoms with Crippen LogP contribution in [-0.2, 0) is 4.79 Å². The zero-order valence-electron chi connectivity index (χ0n) is 15.0. The molecule has 1 saturated heterocycles. The van der Waals surface area contributed by atoms with E-state index in [1.165, 1.54) is 0 Å². The third-order valence-corrected chi connectivity index (χ3v) is 4.83. The second-order valence-corrected chi connectivity index (χ2v) is 7.08. The number of likely N-dealkylation sites (tertiary alicyclic amines) is 1. The van der Waals surface area contributed by atoms with Crippen molar-refractivity contribution in [3.05, 3.63) is 35.4 Å². The largest absolute Gasteiger partial charge is 0.393 e. The second kappa shape index (κ2) is 7.79. The molecule has 0 saturated carbocycles. The summed E-state index contributed by atoms with van der Waals surface area (Å²) < 4.78 is 0. The maximum atomic E-state index is 12.8. The average Bonchev–Trinajstić information content (AvgIpc) is 3.02. The van der Waals surface area contributed by atoms with Crippen molar-refractivity contribution in [1.82, 2.24) is 10.2 Å². The fourth-order valence-electron chi connectivity index (χ4n) is 3.14. The second-order valence-electron chi connectivity index (χ2n) is 7.08. The molecule has 0 aliphatic carbocycles. The van der Waals surface area contributed by atoms with Crippen molar-refractivity contribution in [1.29, 1.82) is 0 Å². The first-order valence-electron chi connectivity index (χ1n) is 8.64. The highest BCUT2D eigenvalue weighted by molar-refractivity contribution is 5.98. The molecule has 1 aliphatic rings. The molecule has 24 heavy (non-hydrogen) atoms. The number of nitrogens with one attached hydrogen (secondary N) is 1. The average molecular weight is 332 g/mol. The topological polar surface area (TPSA) is 69.6 Å². The number of carbonyl (C=O) groups excluding carboxylic acids is 2. The maximum Gasteiger partial charge on any atom is 0.252 e. The summed E-state index contributed by atoms with van der Waals surface area (Å²) in [5.41, 5.74) is 1.49. The van der Waals surface area contributed by atoms with Gasteiger partial charge < -0.3 is 15.3 Å². The van der Waals surface area contributed by atoms with Gasteiger partial charge in [-0.3, -0.25) is 9.59 Å². The Bertz CT molecular complexity index is 598. The van der Waals surface area contributed by atoms with Crippen LogP contribution in [0.25, 0.3) is 0 Å². The molecule has 1 heterocycles. The van der Waals surface area contributed by atoms with Gasteiger partial charge in [0, 0.05) is 24.6 Å². The van der Waals surface area contributed by atoms with Crippen LogP contribution in [0, 0.1) is 18.8 Å². The fourth-order valence-corrected chi connectivity index (χ4v) is 3.14. The van der Waals surface area contributed by atoms with E-state index in [2.05, 4.69) is 5.32 Å². The van der Waals surface area contributed by atoms with Crippen LogP contribution in [0.4, 0.5) is 0 Å². The molecule has 0 aromatic heterocycles. The number of aryl methyl sites for hydroxylation is 1. The first-order chi connectivity index (χ1) is 11.3. The van der Waals surface area contributed by atoms with Gasteiger partial charge in [-0.1, -0.05) is 32.0 Å². The molecule has 0 radical (unpaired) electrons. The normalized spacial score (nSPS) is 20.1. The summed E-state index contributed by atoms with van der Waals surface area (Å²) in [7, 11) is 0. The van der Waals surface area contributed by atoms with E-state index in [4.69, 9.17) is 0 Å². The van der Waals surface area contributed by atoms with Crippen LogP contribution in [-0.4, -0.2) is 47.1 Å². The predicted octanol–water partition coefficient (Wildman–Crippen LogP) is 1.98. The van der Waals surface area contributed by atoms with Crippen LogP contribution in [0.2, 0.25) is 0 Å². The number of amides is 2. The number of carbonyl (C=O) groups is 2. The zero-order chi connectivity index (χ0) is 17.9. The summed E-state index contributed by atoms with van der Waals surface area (Å²) >= 11 is 0. The summed E-state index contributed by atoms with van der Waals surface area (Å²) in [6, 6.07) is 6.81. The van der Waals surface area contributed by atoms with Crippen molar-refractivity contribution < 1.29 is 14.7 Å². The van der Waals surface area contributed by atoms with Crippen LogP contribution in [0.1, 0.15) is 43.1 Å². The number of rotatable bonds is 5. The van der Waals surface area contributed by atoms with Gasteiger partial charge in [-0.15, -0.1) is 0 Å². The summed E-state index contributed by atoms with van der Waals surface area (Å²) in [4.78, 5) is 27.2. The first-order valence-corrected chi connectivity index (χ1v) is 8.64. The van der Waals surface area contributed by atoms with Gasteiger partial charge in [-0.05, 0) is 37.8 Å². The Labute approximate surface area is 144 Å². The molecule has 1 fully saturated rings. The molecule has 2 amide bonds. The predicted molar refractivity (Wildman–Crippen MR) is 93.6 cm³/mol. The quantitative estimate of drug-likeness (QED) is 0.866. The van der Waals surface area contributed by atoms with Crippen molar-refractivity contribution in [2.75, 3.05) is 13.1 Å². The minimum atomic E-state index is -0.551. The van der Waals surface area contributed by atoms with Crippen LogP contribution in [0.15, 0.2) is 24.3 Å². The molecule has 3 atom stereocenters. The summed E-state index contributed by atoms with van der Waals surface area (Å²) in [5, 5.41) is 12.6. The smallest absolute Gasteiger partial charge is 0.252 e. The molecule has 2 rings (SSSR count). The van der Waals surface area contributed by atoms with E-state index in [1.54, 1.807) is 17.9 Å². The van der Waals surface area contributed by atoms with Gasteiger partial charge in [0.1, 0.15) is 6.04 Å². The van der Waals surface area contributed by atoms with E-state index in [-0.39, 0.29) is 23.7 Å². The van der Waals surface area contributed by atoms with Gasteiger partial charge in [0.25, 0.3) is 5.91 Å². The summed E-state index contributed by atoms with van der Waals surface area (Å²) in [6.45, 7) is 8.71. The lowest BCUT2D eigenvalue weighted by atomic mass is 10.0. The summed E-state index contributed by atoms with van der Waals surface area (Å²) in [6.07, 6.45) is 0.391. The van der Waals surface area contributed by atoms with E-state index < -0.39 is 12.1 Å². The lowest BCUT2D eigenvalue weighted by Crippen LogP contribution is -2.51. The molecular formula is C19H28N2O3.